The molecule has 0 radical (unpaired) electrons. The van der Waals surface area contributed by atoms with Gasteiger partial charge < -0.3 is 10.6 Å². The van der Waals surface area contributed by atoms with Crippen molar-refractivity contribution in [1.82, 2.24) is 4.98 Å². The van der Waals surface area contributed by atoms with E-state index in [2.05, 4.69) is 15.6 Å². The summed E-state index contributed by atoms with van der Waals surface area (Å²) in [5, 5.41) is 6.65. The number of hydrogen-bond acceptors (Lipinski definition) is 2. The third kappa shape index (κ3) is 3.06. The molecule has 3 aromatic rings. The highest BCUT2D eigenvalue weighted by Gasteiger charge is 2.07. The number of urea groups is 1. The molecule has 3 rings (SSSR count). The van der Waals surface area contributed by atoms with Crippen LogP contribution in [0, 0.1) is 13.8 Å². The molecular formula is C18H17N3O. The number of para-hydroxylation sites is 1. The summed E-state index contributed by atoms with van der Waals surface area (Å²) in [6, 6.07) is 17.0. The molecule has 0 aliphatic heterocycles. The Bertz CT molecular complexity index is 825. The lowest BCUT2D eigenvalue weighted by molar-refractivity contribution is 0.262. The fraction of sp³-hybridized carbons (Fsp3) is 0.111. The summed E-state index contributed by atoms with van der Waals surface area (Å²) in [6.07, 6.45) is 0. The molecule has 1 aromatic heterocycles. The molecule has 110 valence electrons. The quantitative estimate of drug-likeness (QED) is 0.730. The minimum Gasteiger partial charge on any atom is -0.308 e. The maximum atomic E-state index is 12.2. The third-order valence-electron chi connectivity index (χ3n) is 3.40. The van der Waals surface area contributed by atoms with Crippen LogP contribution < -0.4 is 10.6 Å². The Kier molecular flexibility index (Phi) is 3.74. The molecule has 4 heteroatoms. The molecule has 2 amide bonds. The Labute approximate surface area is 129 Å². The van der Waals surface area contributed by atoms with Crippen molar-refractivity contribution < 1.29 is 4.79 Å². The zero-order chi connectivity index (χ0) is 15.5. The Hall–Kier alpha value is -2.88. The number of pyridine rings is 1. The average molecular weight is 291 g/mol. The van der Waals surface area contributed by atoms with E-state index in [-0.39, 0.29) is 6.03 Å². The first-order valence-corrected chi connectivity index (χ1v) is 7.13. The second-order valence-corrected chi connectivity index (χ2v) is 5.27. The van der Waals surface area contributed by atoms with Crippen molar-refractivity contribution in [2.75, 3.05) is 10.6 Å². The number of nitrogens with one attached hydrogen (secondary N) is 2. The van der Waals surface area contributed by atoms with Crippen molar-refractivity contribution in [3.05, 3.63) is 65.9 Å². The van der Waals surface area contributed by atoms with Crippen LogP contribution in [0.4, 0.5) is 16.2 Å². The maximum absolute atomic E-state index is 12.2. The number of hydrogen-bond donors (Lipinski definition) is 2. The summed E-state index contributed by atoms with van der Waals surface area (Å²) in [7, 11) is 0. The van der Waals surface area contributed by atoms with Crippen LogP contribution in [0.1, 0.15) is 11.3 Å². The van der Waals surface area contributed by atoms with Crippen LogP contribution >= 0.6 is 0 Å². The molecule has 0 bridgehead atoms. The monoisotopic (exact) mass is 291 g/mol. The lowest BCUT2D eigenvalue weighted by Crippen LogP contribution is -2.19. The molecule has 0 aliphatic carbocycles. The minimum absolute atomic E-state index is 0.264. The van der Waals surface area contributed by atoms with Crippen LogP contribution in [0.2, 0.25) is 0 Å². The first-order valence-electron chi connectivity index (χ1n) is 7.13. The number of anilines is 2. The van der Waals surface area contributed by atoms with Crippen molar-refractivity contribution in [3.63, 3.8) is 0 Å². The summed E-state index contributed by atoms with van der Waals surface area (Å²) in [5.41, 5.74) is 4.41. The SMILES string of the molecule is Cc1ccc(NC(=O)Nc2cc(C)nc3ccccc23)cc1. The van der Waals surface area contributed by atoms with E-state index < -0.39 is 0 Å². The average Bonchev–Trinajstić information content (AvgIpc) is 2.49. The maximum Gasteiger partial charge on any atom is 0.323 e. The normalized spacial score (nSPS) is 10.5. The zero-order valence-electron chi connectivity index (χ0n) is 12.6. The highest BCUT2D eigenvalue weighted by Crippen LogP contribution is 2.23. The Balaban J connectivity index is 1.83. The Morgan fingerprint density at radius 3 is 2.45 bits per heavy atom. The first kappa shape index (κ1) is 14.1. The van der Waals surface area contributed by atoms with Gasteiger partial charge in [0.05, 0.1) is 11.2 Å². The van der Waals surface area contributed by atoms with Crippen LogP contribution in [0.5, 0.6) is 0 Å². The molecule has 0 unspecified atom stereocenters. The standard InChI is InChI=1S/C18H17N3O/c1-12-7-9-14(10-8-12)20-18(22)21-17-11-13(2)19-16-6-4-3-5-15(16)17/h3-11H,1-2H3,(H2,19,20,21,22). The highest BCUT2D eigenvalue weighted by atomic mass is 16.2. The molecule has 0 fully saturated rings. The number of carbonyl (C=O) groups is 1. The highest BCUT2D eigenvalue weighted by molar-refractivity contribution is 6.05. The van der Waals surface area contributed by atoms with Gasteiger partial charge in [0.1, 0.15) is 0 Å². The number of carbonyl (C=O) groups excluding carboxylic acids is 1. The lowest BCUT2D eigenvalue weighted by atomic mass is 10.1. The van der Waals surface area contributed by atoms with Gasteiger partial charge in [0.15, 0.2) is 0 Å². The van der Waals surface area contributed by atoms with Gasteiger partial charge in [-0.1, -0.05) is 35.9 Å². The van der Waals surface area contributed by atoms with Crippen LogP contribution in [-0.2, 0) is 0 Å². The van der Waals surface area contributed by atoms with E-state index in [0.717, 1.165) is 33.5 Å². The lowest BCUT2D eigenvalue weighted by Gasteiger charge is -2.11. The fourth-order valence-corrected chi connectivity index (χ4v) is 2.33. The molecule has 1 heterocycles. The summed E-state index contributed by atoms with van der Waals surface area (Å²) < 4.78 is 0. The summed E-state index contributed by atoms with van der Waals surface area (Å²) in [4.78, 5) is 16.6. The van der Waals surface area contributed by atoms with Crippen LogP contribution in [0.15, 0.2) is 54.6 Å². The predicted molar refractivity (Wildman–Crippen MR) is 90.3 cm³/mol. The van der Waals surface area contributed by atoms with Gasteiger partial charge in [-0.2, -0.15) is 0 Å². The topological polar surface area (TPSA) is 54.0 Å². The molecular weight excluding hydrogens is 274 g/mol. The van der Waals surface area contributed by atoms with Gasteiger partial charge in [-0.15, -0.1) is 0 Å². The molecule has 22 heavy (non-hydrogen) atoms. The van der Waals surface area contributed by atoms with E-state index in [1.54, 1.807) is 0 Å². The number of aryl methyl sites for hydroxylation is 2. The van der Waals surface area contributed by atoms with Gasteiger partial charge in [0.2, 0.25) is 0 Å². The van der Waals surface area contributed by atoms with E-state index in [1.807, 2.05) is 68.4 Å². The molecule has 0 saturated carbocycles. The van der Waals surface area contributed by atoms with E-state index in [4.69, 9.17) is 0 Å². The molecule has 2 aromatic carbocycles. The molecule has 2 N–H and O–H groups in total. The molecule has 4 nitrogen and oxygen atoms in total. The molecule has 0 saturated heterocycles. The van der Waals surface area contributed by atoms with Crippen LogP contribution in [0.3, 0.4) is 0 Å². The number of aromatic nitrogens is 1. The molecule has 0 aliphatic rings. The number of benzene rings is 2. The van der Waals surface area contributed by atoms with Crippen molar-refractivity contribution in [2.24, 2.45) is 0 Å². The van der Waals surface area contributed by atoms with E-state index >= 15 is 0 Å². The van der Waals surface area contributed by atoms with Gasteiger partial charge in [-0.05, 0) is 38.1 Å². The first-order chi connectivity index (χ1) is 10.6. The summed E-state index contributed by atoms with van der Waals surface area (Å²) in [5.74, 6) is 0. The van der Waals surface area contributed by atoms with Crippen molar-refractivity contribution >= 4 is 28.3 Å². The van der Waals surface area contributed by atoms with Crippen molar-refractivity contribution in [1.29, 1.82) is 0 Å². The van der Waals surface area contributed by atoms with Crippen molar-refractivity contribution in [3.8, 4) is 0 Å². The summed E-state index contributed by atoms with van der Waals surface area (Å²) in [6.45, 7) is 3.92. The van der Waals surface area contributed by atoms with E-state index in [0.29, 0.717) is 0 Å². The van der Waals surface area contributed by atoms with E-state index in [9.17, 15) is 4.79 Å². The van der Waals surface area contributed by atoms with Gasteiger partial charge >= 0.3 is 6.03 Å². The second kappa shape index (κ2) is 5.85. The smallest absolute Gasteiger partial charge is 0.308 e. The van der Waals surface area contributed by atoms with Crippen LogP contribution in [0.25, 0.3) is 10.9 Å². The van der Waals surface area contributed by atoms with Gasteiger partial charge in [-0.25, -0.2) is 4.79 Å². The zero-order valence-corrected chi connectivity index (χ0v) is 12.6. The van der Waals surface area contributed by atoms with E-state index in [1.165, 1.54) is 0 Å². The van der Waals surface area contributed by atoms with Crippen molar-refractivity contribution in [2.45, 2.75) is 13.8 Å². The summed E-state index contributed by atoms with van der Waals surface area (Å²) >= 11 is 0. The minimum atomic E-state index is -0.264. The predicted octanol–water partition coefficient (Wildman–Crippen LogP) is 4.50. The largest absolute Gasteiger partial charge is 0.323 e. The molecule has 0 spiro atoms. The fourth-order valence-electron chi connectivity index (χ4n) is 2.33. The number of fused-ring (bicyclic) bond motifs is 1. The number of nitrogens with zero attached hydrogens (tertiary/aromatic N) is 1. The Morgan fingerprint density at radius 1 is 0.955 bits per heavy atom. The molecule has 0 atom stereocenters. The van der Waals surface area contributed by atoms with Crippen LogP contribution in [-0.4, -0.2) is 11.0 Å². The van der Waals surface area contributed by atoms with Gasteiger partial charge in [-0.3, -0.25) is 4.98 Å². The number of amides is 2. The Morgan fingerprint density at radius 2 is 1.68 bits per heavy atom. The number of rotatable bonds is 2. The third-order valence-corrected chi connectivity index (χ3v) is 3.40. The van der Waals surface area contributed by atoms with Gasteiger partial charge in [0.25, 0.3) is 0 Å². The second-order valence-electron chi connectivity index (χ2n) is 5.27. The van der Waals surface area contributed by atoms with Gasteiger partial charge in [0, 0.05) is 16.8 Å².